The molecule has 0 aliphatic rings. The second kappa shape index (κ2) is 6.04. The maximum atomic E-state index is 5.74. The Morgan fingerprint density at radius 2 is 1.91 bits per heavy atom. The summed E-state index contributed by atoms with van der Waals surface area (Å²) < 4.78 is 5.69. The molecule has 0 saturated carbocycles. The van der Waals surface area contributed by atoms with Crippen LogP contribution in [-0.2, 0) is 4.43 Å². The van der Waals surface area contributed by atoms with Gasteiger partial charge in [0.1, 0.15) is 0 Å². The Labute approximate surface area is 76.2 Å². The first-order valence-corrected chi connectivity index (χ1v) is 7.97. The van der Waals surface area contributed by atoms with Crippen LogP contribution in [0.5, 0.6) is 0 Å². The van der Waals surface area contributed by atoms with E-state index in [9.17, 15) is 0 Å². The number of halogens is 1. The third-order valence-electron chi connectivity index (χ3n) is 1.56. The Hall–Kier alpha value is 0.467. The Morgan fingerprint density at radius 1 is 1.27 bits per heavy atom. The van der Waals surface area contributed by atoms with Crippen LogP contribution < -0.4 is 0 Å². The molecule has 0 aromatic rings. The zero-order valence-corrected chi connectivity index (χ0v) is 9.58. The van der Waals surface area contributed by atoms with Crippen LogP contribution in [0.3, 0.4) is 0 Å². The molecule has 0 atom stereocenters. The Morgan fingerprint density at radius 3 is 2.36 bits per heavy atom. The van der Waals surface area contributed by atoms with Gasteiger partial charge in [0, 0.05) is 12.1 Å². The lowest BCUT2D eigenvalue weighted by molar-refractivity contribution is 0.299. The molecule has 0 bridgehead atoms. The first-order valence-electron chi connectivity index (χ1n) is 4.32. The number of alkyl halides is 1. The summed E-state index contributed by atoms with van der Waals surface area (Å²) in [4.78, 5) is 0. The van der Waals surface area contributed by atoms with Gasteiger partial charge < -0.3 is 4.43 Å². The summed E-state index contributed by atoms with van der Waals surface area (Å²) in [5.41, 5.74) is 0.707. The molecule has 0 saturated heterocycles. The van der Waals surface area contributed by atoms with E-state index in [1.807, 2.05) is 0 Å². The minimum absolute atomic E-state index is 0.707. The summed E-state index contributed by atoms with van der Waals surface area (Å²) in [7, 11) is -1.46. The highest BCUT2D eigenvalue weighted by Crippen LogP contribution is 2.07. The van der Waals surface area contributed by atoms with Crippen LogP contribution in [0, 0.1) is 0 Å². The molecule has 0 N–H and O–H groups in total. The van der Waals surface area contributed by atoms with E-state index < -0.39 is 8.32 Å². The van der Waals surface area contributed by atoms with Crippen LogP contribution in [0.2, 0.25) is 13.1 Å². The van der Waals surface area contributed by atoms with Crippen LogP contribution in [0.1, 0.15) is 26.2 Å². The monoisotopic (exact) mass is 194 g/mol. The van der Waals surface area contributed by atoms with Gasteiger partial charge in [0.15, 0.2) is 0 Å². The molecule has 0 aromatic heterocycles. The number of hydrogen-bond acceptors (Lipinski definition) is 1. The molecule has 0 fully saturated rings. The van der Waals surface area contributed by atoms with Crippen molar-refractivity contribution in [2.75, 3.05) is 12.1 Å². The Kier molecular flexibility index (Phi) is 6.29. The van der Waals surface area contributed by atoms with E-state index >= 15 is 0 Å². The average molecular weight is 195 g/mol. The van der Waals surface area contributed by atoms with Crippen molar-refractivity contribution in [2.24, 2.45) is 0 Å². The molecule has 0 rings (SSSR count). The largest absolute Gasteiger partial charge is 0.416 e. The predicted molar refractivity (Wildman–Crippen MR) is 53.7 cm³/mol. The van der Waals surface area contributed by atoms with Crippen LogP contribution >= 0.6 is 11.6 Å². The Balaban J connectivity index is 3.23. The van der Waals surface area contributed by atoms with E-state index in [4.69, 9.17) is 16.0 Å². The molecular weight excluding hydrogens is 176 g/mol. The van der Waals surface area contributed by atoms with Gasteiger partial charge in [-0.25, -0.2) is 0 Å². The number of unbranched alkanes of at least 4 members (excludes halogenated alkanes) is 2. The van der Waals surface area contributed by atoms with Gasteiger partial charge in [0.25, 0.3) is 0 Å². The third-order valence-corrected chi connectivity index (χ3v) is 5.12. The molecule has 0 unspecified atom stereocenters. The van der Waals surface area contributed by atoms with Crippen molar-refractivity contribution in [3.8, 4) is 0 Å². The second-order valence-corrected chi connectivity index (χ2v) is 8.33. The van der Waals surface area contributed by atoms with Crippen molar-refractivity contribution >= 4 is 19.9 Å². The summed E-state index contributed by atoms with van der Waals surface area (Å²) in [6.45, 7) is 7.42. The van der Waals surface area contributed by atoms with Gasteiger partial charge in [-0.2, -0.15) is 0 Å². The first kappa shape index (κ1) is 11.5. The molecule has 0 spiro atoms. The molecule has 3 heteroatoms. The molecule has 0 aliphatic carbocycles. The van der Waals surface area contributed by atoms with Crippen molar-refractivity contribution < 1.29 is 4.43 Å². The van der Waals surface area contributed by atoms with Crippen LogP contribution in [-0.4, -0.2) is 20.4 Å². The summed E-state index contributed by atoms with van der Waals surface area (Å²) in [6.07, 6.45) is 3.71. The maximum absolute atomic E-state index is 5.74. The third kappa shape index (κ3) is 6.85. The van der Waals surface area contributed by atoms with E-state index in [0.717, 1.165) is 6.61 Å². The molecule has 0 radical (unpaired) electrons. The highest BCUT2D eigenvalue weighted by atomic mass is 35.5. The van der Waals surface area contributed by atoms with Crippen LogP contribution in [0.25, 0.3) is 0 Å². The highest BCUT2D eigenvalue weighted by molar-refractivity contribution is 6.77. The summed E-state index contributed by atoms with van der Waals surface area (Å²) in [6, 6.07) is 0. The molecule has 11 heavy (non-hydrogen) atoms. The first-order chi connectivity index (χ1) is 5.12. The molecule has 0 aliphatic heterocycles. The van der Waals surface area contributed by atoms with E-state index in [1.165, 1.54) is 19.3 Å². The minimum atomic E-state index is -1.46. The normalized spacial score (nSPS) is 12.0. The topological polar surface area (TPSA) is 9.23 Å². The van der Waals surface area contributed by atoms with Gasteiger partial charge in [-0.1, -0.05) is 19.8 Å². The zero-order valence-electron chi connectivity index (χ0n) is 7.82. The molecule has 68 valence electrons. The van der Waals surface area contributed by atoms with Crippen LogP contribution in [0.15, 0.2) is 0 Å². The smallest absolute Gasteiger partial charge is 0.201 e. The standard InChI is InChI=1S/C8H19ClOSi/c1-4-5-6-7-10-11(2,3)8-9/h4-8H2,1-3H3. The minimum Gasteiger partial charge on any atom is -0.416 e. The highest BCUT2D eigenvalue weighted by Gasteiger charge is 2.19. The maximum Gasteiger partial charge on any atom is 0.201 e. The van der Waals surface area contributed by atoms with Gasteiger partial charge in [-0.15, -0.1) is 11.6 Å². The fourth-order valence-electron chi connectivity index (χ4n) is 0.739. The summed E-state index contributed by atoms with van der Waals surface area (Å²) in [5.74, 6) is 0. The van der Waals surface area contributed by atoms with Crippen molar-refractivity contribution in [3.63, 3.8) is 0 Å². The Bertz CT molecular complexity index is 96.1. The van der Waals surface area contributed by atoms with E-state index in [-0.39, 0.29) is 0 Å². The van der Waals surface area contributed by atoms with Crippen molar-refractivity contribution in [1.82, 2.24) is 0 Å². The molecular formula is C8H19ClOSi. The predicted octanol–water partition coefficient (Wildman–Crippen LogP) is 3.18. The molecule has 0 amide bonds. The van der Waals surface area contributed by atoms with E-state index in [0.29, 0.717) is 5.50 Å². The zero-order chi connectivity index (χ0) is 8.74. The SMILES string of the molecule is CCCCCO[Si](C)(C)CCl. The van der Waals surface area contributed by atoms with Gasteiger partial charge in [-0.05, 0) is 19.5 Å². The lowest BCUT2D eigenvalue weighted by Gasteiger charge is -2.19. The van der Waals surface area contributed by atoms with Gasteiger partial charge in [0.05, 0.1) is 0 Å². The number of rotatable bonds is 6. The summed E-state index contributed by atoms with van der Waals surface area (Å²) >= 11 is 5.74. The van der Waals surface area contributed by atoms with Gasteiger partial charge >= 0.3 is 0 Å². The molecule has 1 nitrogen and oxygen atoms in total. The van der Waals surface area contributed by atoms with Crippen molar-refractivity contribution in [3.05, 3.63) is 0 Å². The number of hydrogen-bond donors (Lipinski definition) is 0. The fraction of sp³-hybridized carbons (Fsp3) is 1.00. The second-order valence-electron chi connectivity index (χ2n) is 3.45. The van der Waals surface area contributed by atoms with E-state index in [2.05, 4.69) is 20.0 Å². The van der Waals surface area contributed by atoms with Crippen molar-refractivity contribution in [2.45, 2.75) is 39.3 Å². The molecule has 0 aromatic carbocycles. The van der Waals surface area contributed by atoms with Crippen molar-refractivity contribution in [1.29, 1.82) is 0 Å². The van der Waals surface area contributed by atoms with E-state index in [1.54, 1.807) is 0 Å². The fourth-order valence-corrected chi connectivity index (χ4v) is 1.74. The lowest BCUT2D eigenvalue weighted by Crippen LogP contribution is -2.33. The average Bonchev–Trinajstić information content (AvgIpc) is 1.99. The lowest BCUT2D eigenvalue weighted by atomic mass is 10.3. The van der Waals surface area contributed by atoms with Gasteiger partial charge in [-0.3, -0.25) is 0 Å². The van der Waals surface area contributed by atoms with Gasteiger partial charge in [0.2, 0.25) is 8.32 Å². The van der Waals surface area contributed by atoms with Crippen LogP contribution in [0.4, 0.5) is 0 Å². The summed E-state index contributed by atoms with van der Waals surface area (Å²) in [5, 5.41) is 0. The quantitative estimate of drug-likeness (QED) is 0.359. The molecule has 0 heterocycles.